The fourth-order valence-electron chi connectivity index (χ4n) is 2.47. The zero-order chi connectivity index (χ0) is 17.5. The van der Waals surface area contributed by atoms with E-state index < -0.39 is 0 Å². The van der Waals surface area contributed by atoms with E-state index in [9.17, 15) is 0 Å². The van der Waals surface area contributed by atoms with Crippen molar-refractivity contribution in [1.29, 1.82) is 0 Å². The van der Waals surface area contributed by atoms with Gasteiger partial charge in [-0.1, -0.05) is 42.5 Å². The van der Waals surface area contributed by atoms with E-state index in [2.05, 4.69) is 17.1 Å². The minimum Gasteiger partial charge on any atom is -0.497 e. The smallest absolute Gasteiger partial charge is 0.120 e. The van der Waals surface area contributed by atoms with Crippen LogP contribution in [0.5, 0.6) is 11.5 Å². The van der Waals surface area contributed by atoms with E-state index in [1.807, 2.05) is 73.7 Å². The summed E-state index contributed by atoms with van der Waals surface area (Å²) >= 11 is 0. The van der Waals surface area contributed by atoms with Gasteiger partial charge in [-0.05, 0) is 54.4 Å². The molecule has 0 saturated heterocycles. The topological polar surface area (TPSA) is 30.8 Å². The Hall–Kier alpha value is -3.07. The molecule has 0 aliphatic rings. The van der Waals surface area contributed by atoms with Crippen LogP contribution in [0.4, 0.5) is 5.69 Å². The van der Waals surface area contributed by atoms with Crippen LogP contribution >= 0.6 is 0 Å². The van der Waals surface area contributed by atoms with Crippen LogP contribution in [0.3, 0.4) is 0 Å². The fraction of sp³-hybridized carbons (Fsp3) is 0.136. The van der Waals surface area contributed by atoms with Crippen molar-refractivity contribution in [3.8, 4) is 11.5 Å². The number of benzene rings is 3. The van der Waals surface area contributed by atoms with Crippen molar-refractivity contribution < 1.29 is 9.47 Å². The first kappa shape index (κ1) is 16.8. The first-order valence-corrected chi connectivity index (χ1v) is 8.21. The quantitative estimate of drug-likeness (QED) is 0.565. The molecule has 3 nitrogen and oxygen atoms in total. The molecule has 0 aliphatic carbocycles. The molecule has 3 aromatic carbocycles. The SMILES string of the molecule is COc1ccc(N=C(C)c2cccc(OCc3ccccc3)c2)cc1. The van der Waals surface area contributed by atoms with Gasteiger partial charge in [-0.15, -0.1) is 0 Å². The van der Waals surface area contributed by atoms with Gasteiger partial charge < -0.3 is 9.47 Å². The normalized spacial score (nSPS) is 11.2. The molecular formula is C22H21NO2. The molecule has 0 heterocycles. The van der Waals surface area contributed by atoms with Gasteiger partial charge in [0.25, 0.3) is 0 Å². The highest BCUT2D eigenvalue weighted by molar-refractivity contribution is 6.00. The molecule has 0 bridgehead atoms. The molecule has 0 radical (unpaired) electrons. The maximum Gasteiger partial charge on any atom is 0.120 e. The molecule has 0 fully saturated rings. The van der Waals surface area contributed by atoms with Crippen molar-refractivity contribution in [3.63, 3.8) is 0 Å². The molecule has 0 unspecified atom stereocenters. The number of hydrogen-bond acceptors (Lipinski definition) is 3. The lowest BCUT2D eigenvalue weighted by Gasteiger charge is -2.08. The minimum atomic E-state index is 0.555. The van der Waals surface area contributed by atoms with Crippen LogP contribution in [-0.4, -0.2) is 12.8 Å². The number of ether oxygens (including phenoxy) is 2. The molecule has 0 spiro atoms. The van der Waals surface area contributed by atoms with E-state index in [4.69, 9.17) is 9.47 Å². The van der Waals surface area contributed by atoms with E-state index in [0.717, 1.165) is 34.0 Å². The highest BCUT2D eigenvalue weighted by Gasteiger charge is 2.02. The summed E-state index contributed by atoms with van der Waals surface area (Å²) < 4.78 is 11.1. The van der Waals surface area contributed by atoms with Crippen molar-refractivity contribution in [2.45, 2.75) is 13.5 Å². The molecule has 3 rings (SSSR count). The summed E-state index contributed by atoms with van der Waals surface area (Å²) in [5, 5.41) is 0. The molecule has 0 N–H and O–H groups in total. The van der Waals surface area contributed by atoms with Gasteiger partial charge in [0.15, 0.2) is 0 Å². The zero-order valence-corrected chi connectivity index (χ0v) is 14.5. The largest absolute Gasteiger partial charge is 0.497 e. The van der Waals surface area contributed by atoms with E-state index in [1.54, 1.807) is 7.11 Å². The predicted octanol–water partition coefficient (Wildman–Crippen LogP) is 5.41. The second-order valence-corrected chi connectivity index (χ2v) is 5.70. The second kappa shape index (κ2) is 8.15. The van der Waals surface area contributed by atoms with E-state index in [0.29, 0.717) is 6.61 Å². The Kier molecular flexibility index (Phi) is 5.47. The summed E-state index contributed by atoms with van der Waals surface area (Å²) in [4.78, 5) is 4.67. The first-order valence-electron chi connectivity index (χ1n) is 8.21. The van der Waals surface area contributed by atoms with E-state index >= 15 is 0 Å². The number of hydrogen-bond donors (Lipinski definition) is 0. The number of aliphatic imine (C=N–C) groups is 1. The summed E-state index contributed by atoms with van der Waals surface area (Å²) in [6.45, 7) is 2.56. The Morgan fingerprint density at radius 2 is 1.60 bits per heavy atom. The highest BCUT2D eigenvalue weighted by atomic mass is 16.5. The van der Waals surface area contributed by atoms with Gasteiger partial charge in [0.2, 0.25) is 0 Å². The Labute approximate surface area is 148 Å². The maximum atomic E-state index is 5.89. The molecule has 0 amide bonds. The van der Waals surface area contributed by atoms with Crippen LogP contribution in [0, 0.1) is 0 Å². The first-order chi connectivity index (χ1) is 12.2. The molecule has 3 heteroatoms. The summed E-state index contributed by atoms with van der Waals surface area (Å²) in [6, 6.07) is 25.9. The van der Waals surface area contributed by atoms with E-state index in [1.165, 1.54) is 0 Å². The number of methoxy groups -OCH3 is 1. The third kappa shape index (κ3) is 4.70. The van der Waals surface area contributed by atoms with Gasteiger partial charge in [0, 0.05) is 5.71 Å². The van der Waals surface area contributed by atoms with Crippen molar-refractivity contribution >= 4 is 11.4 Å². The van der Waals surface area contributed by atoms with Crippen LogP contribution in [0.2, 0.25) is 0 Å². The lowest BCUT2D eigenvalue weighted by molar-refractivity contribution is 0.306. The van der Waals surface area contributed by atoms with Gasteiger partial charge in [-0.2, -0.15) is 0 Å². The monoisotopic (exact) mass is 331 g/mol. The minimum absolute atomic E-state index is 0.555. The van der Waals surface area contributed by atoms with Gasteiger partial charge in [0.1, 0.15) is 18.1 Å². The molecule has 25 heavy (non-hydrogen) atoms. The van der Waals surface area contributed by atoms with E-state index in [-0.39, 0.29) is 0 Å². The standard InChI is InChI=1S/C22H21NO2/c1-17(23-20-11-13-21(24-2)14-12-20)19-9-6-10-22(15-19)25-16-18-7-4-3-5-8-18/h3-15H,16H2,1-2H3. The van der Waals surface area contributed by atoms with Crippen molar-refractivity contribution in [1.82, 2.24) is 0 Å². The molecule has 0 atom stereocenters. The Morgan fingerprint density at radius 1 is 0.840 bits per heavy atom. The molecule has 0 saturated carbocycles. The number of nitrogens with zero attached hydrogens (tertiary/aromatic N) is 1. The van der Waals surface area contributed by atoms with Gasteiger partial charge in [-0.25, -0.2) is 0 Å². The molecule has 3 aromatic rings. The maximum absolute atomic E-state index is 5.89. The Bertz CT molecular complexity index is 839. The predicted molar refractivity (Wildman–Crippen MR) is 102 cm³/mol. The van der Waals surface area contributed by atoms with Crippen molar-refractivity contribution in [3.05, 3.63) is 90.0 Å². The van der Waals surface area contributed by atoms with Gasteiger partial charge in [-0.3, -0.25) is 4.99 Å². The van der Waals surface area contributed by atoms with Crippen LogP contribution in [-0.2, 0) is 6.61 Å². The molecule has 126 valence electrons. The lowest BCUT2D eigenvalue weighted by atomic mass is 10.1. The third-order valence-corrected chi connectivity index (χ3v) is 3.87. The second-order valence-electron chi connectivity index (χ2n) is 5.70. The van der Waals surface area contributed by atoms with Crippen molar-refractivity contribution in [2.24, 2.45) is 4.99 Å². The van der Waals surface area contributed by atoms with Crippen LogP contribution < -0.4 is 9.47 Å². The summed E-state index contributed by atoms with van der Waals surface area (Å²) in [6.07, 6.45) is 0. The Balaban J connectivity index is 1.72. The molecule has 0 aromatic heterocycles. The zero-order valence-electron chi connectivity index (χ0n) is 14.5. The summed E-state index contributed by atoms with van der Waals surface area (Å²) in [7, 11) is 1.66. The third-order valence-electron chi connectivity index (χ3n) is 3.87. The average Bonchev–Trinajstić information content (AvgIpc) is 2.68. The average molecular weight is 331 g/mol. The van der Waals surface area contributed by atoms with Crippen LogP contribution in [0.1, 0.15) is 18.1 Å². The Morgan fingerprint density at radius 3 is 2.32 bits per heavy atom. The molecule has 0 aliphatic heterocycles. The summed E-state index contributed by atoms with van der Waals surface area (Å²) in [5.41, 5.74) is 4.03. The van der Waals surface area contributed by atoms with Crippen LogP contribution in [0.25, 0.3) is 0 Å². The highest BCUT2D eigenvalue weighted by Crippen LogP contribution is 2.21. The fourth-order valence-corrected chi connectivity index (χ4v) is 2.47. The van der Waals surface area contributed by atoms with Gasteiger partial charge >= 0.3 is 0 Å². The van der Waals surface area contributed by atoms with Crippen molar-refractivity contribution in [2.75, 3.05) is 7.11 Å². The number of rotatable bonds is 6. The lowest BCUT2D eigenvalue weighted by Crippen LogP contribution is -1.98. The van der Waals surface area contributed by atoms with Gasteiger partial charge in [0.05, 0.1) is 12.8 Å². The van der Waals surface area contributed by atoms with Crippen LogP contribution in [0.15, 0.2) is 83.9 Å². The molecular weight excluding hydrogens is 310 g/mol. The summed E-state index contributed by atoms with van der Waals surface area (Å²) in [5.74, 6) is 1.67.